The van der Waals surface area contributed by atoms with Crippen LogP contribution in [0.15, 0.2) is 42.5 Å². The topological polar surface area (TPSA) is 67.4 Å². The zero-order valence-corrected chi connectivity index (χ0v) is 13.3. The number of carbonyl (C=O) groups excluding carboxylic acids is 2. The molecule has 0 fully saturated rings. The number of rotatable bonds is 3. The van der Waals surface area contributed by atoms with Crippen molar-refractivity contribution in [2.45, 2.75) is 12.5 Å². The molecular weight excluding hydrogens is 339 g/mol. The highest BCUT2D eigenvalue weighted by Gasteiger charge is 2.29. The van der Waals surface area contributed by atoms with Crippen LogP contribution < -0.4 is 15.4 Å². The maximum absolute atomic E-state index is 12.1. The standard InChI is InChI=1S/C16H12Cl2N2O3/c17-9-5-10(18)7-11(6-9)19-15(21)8-13-16(22)23-14-4-2-1-3-12(14)20-13/h1-7,13,20H,8H2,(H,19,21)/t13-/m1/s1. The summed E-state index contributed by atoms with van der Waals surface area (Å²) in [6.07, 6.45) is -0.0721. The lowest BCUT2D eigenvalue weighted by Gasteiger charge is -2.25. The molecule has 0 saturated carbocycles. The molecule has 5 nitrogen and oxygen atoms in total. The zero-order chi connectivity index (χ0) is 16.4. The van der Waals surface area contributed by atoms with E-state index in [4.69, 9.17) is 27.9 Å². The summed E-state index contributed by atoms with van der Waals surface area (Å²) in [6, 6.07) is 11.0. The number of halogens is 2. The molecule has 118 valence electrons. The molecule has 2 aromatic rings. The quantitative estimate of drug-likeness (QED) is 0.653. The van der Waals surface area contributed by atoms with Crippen molar-refractivity contribution in [3.05, 3.63) is 52.5 Å². The van der Waals surface area contributed by atoms with Gasteiger partial charge in [-0.1, -0.05) is 35.3 Å². The van der Waals surface area contributed by atoms with Gasteiger partial charge < -0.3 is 15.4 Å². The molecule has 0 unspecified atom stereocenters. The van der Waals surface area contributed by atoms with Gasteiger partial charge in [0.05, 0.1) is 12.1 Å². The number of amides is 1. The van der Waals surface area contributed by atoms with Crippen LogP contribution in [0.2, 0.25) is 10.0 Å². The Bertz CT molecular complexity index is 759. The largest absolute Gasteiger partial charge is 0.423 e. The molecule has 1 amide bonds. The van der Waals surface area contributed by atoms with Gasteiger partial charge in [-0.25, -0.2) is 4.79 Å². The van der Waals surface area contributed by atoms with Gasteiger partial charge >= 0.3 is 5.97 Å². The van der Waals surface area contributed by atoms with Crippen molar-refractivity contribution in [2.75, 3.05) is 10.6 Å². The van der Waals surface area contributed by atoms with E-state index in [1.165, 1.54) is 0 Å². The van der Waals surface area contributed by atoms with Crippen LogP contribution in [0, 0.1) is 0 Å². The van der Waals surface area contributed by atoms with Gasteiger partial charge in [-0.2, -0.15) is 0 Å². The van der Waals surface area contributed by atoms with E-state index in [9.17, 15) is 9.59 Å². The third kappa shape index (κ3) is 3.75. The van der Waals surface area contributed by atoms with Crippen LogP contribution >= 0.6 is 23.2 Å². The van der Waals surface area contributed by atoms with Crippen LogP contribution in [0.3, 0.4) is 0 Å². The van der Waals surface area contributed by atoms with E-state index in [0.717, 1.165) is 0 Å². The molecule has 1 aliphatic rings. The van der Waals surface area contributed by atoms with Crippen molar-refractivity contribution in [1.82, 2.24) is 0 Å². The molecule has 0 aliphatic carbocycles. The van der Waals surface area contributed by atoms with Crippen LogP contribution in [-0.2, 0) is 9.59 Å². The summed E-state index contributed by atoms with van der Waals surface area (Å²) in [5.41, 5.74) is 1.15. The third-order valence-corrected chi connectivity index (χ3v) is 3.68. The minimum atomic E-state index is -0.750. The molecule has 1 atom stereocenters. The second-order valence-corrected chi connectivity index (χ2v) is 5.90. The molecule has 7 heteroatoms. The molecule has 3 rings (SSSR count). The highest BCUT2D eigenvalue weighted by molar-refractivity contribution is 6.35. The Morgan fingerprint density at radius 1 is 1.17 bits per heavy atom. The Morgan fingerprint density at radius 2 is 1.87 bits per heavy atom. The maximum atomic E-state index is 12.1. The molecule has 0 aromatic heterocycles. The van der Waals surface area contributed by atoms with Crippen molar-refractivity contribution in [1.29, 1.82) is 0 Å². The van der Waals surface area contributed by atoms with Gasteiger partial charge in [0.25, 0.3) is 0 Å². The fraction of sp³-hybridized carbons (Fsp3) is 0.125. The first kappa shape index (κ1) is 15.6. The average Bonchev–Trinajstić information content (AvgIpc) is 2.46. The molecule has 0 spiro atoms. The van der Waals surface area contributed by atoms with Gasteiger partial charge in [-0.3, -0.25) is 4.79 Å². The van der Waals surface area contributed by atoms with Crippen LogP contribution in [-0.4, -0.2) is 17.9 Å². The lowest BCUT2D eigenvalue weighted by Crippen LogP contribution is -2.39. The minimum absolute atomic E-state index is 0.0721. The summed E-state index contributed by atoms with van der Waals surface area (Å²) in [5.74, 6) is -0.393. The first-order chi connectivity index (χ1) is 11.0. The molecule has 0 bridgehead atoms. The van der Waals surface area contributed by atoms with Crippen molar-refractivity contribution in [3.8, 4) is 5.75 Å². The van der Waals surface area contributed by atoms with Crippen molar-refractivity contribution < 1.29 is 14.3 Å². The highest BCUT2D eigenvalue weighted by atomic mass is 35.5. The highest BCUT2D eigenvalue weighted by Crippen LogP contribution is 2.29. The molecule has 1 heterocycles. The normalized spacial score (nSPS) is 16.1. The van der Waals surface area contributed by atoms with Gasteiger partial charge in [0.2, 0.25) is 5.91 Å². The van der Waals surface area contributed by atoms with E-state index in [1.807, 2.05) is 6.07 Å². The Labute approximate surface area is 142 Å². The SMILES string of the molecule is O=C(C[C@H]1Nc2ccccc2OC1=O)Nc1cc(Cl)cc(Cl)c1. The Morgan fingerprint density at radius 3 is 2.61 bits per heavy atom. The first-order valence-electron chi connectivity index (χ1n) is 6.84. The number of esters is 1. The second kappa shape index (κ2) is 6.48. The van der Waals surface area contributed by atoms with E-state index in [0.29, 0.717) is 27.2 Å². The second-order valence-electron chi connectivity index (χ2n) is 5.02. The summed E-state index contributed by atoms with van der Waals surface area (Å²) in [5, 5.41) is 6.49. The van der Waals surface area contributed by atoms with Crippen LogP contribution in [0.4, 0.5) is 11.4 Å². The van der Waals surface area contributed by atoms with Crippen LogP contribution in [0.1, 0.15) is 6.42 Å². The summed E-state index contributed by atoms with van der Waals surface area (Å²) in [6.45, 7) is 0. The predicted molar refractivity (Wildman–Crippen MR) is 89.2 cm³/mol. The van der Waals surface area contributed by atoms with Crippen LogP contribution in [0.25, 0.3) is 0 Å². The molecule has 0 saturated heterocycles. The lowest BCUT2D eigenvalue weighted by atomic mass is 10.1. The van der Waals surface area contributed by atoms with Crippen molar-refractivity contribution >= 4 is 46.5 Å². The van der Waals surface area contributed by atoms with E-state index in [-0.39, 0.29) is 12.3 Å². The summed E-state index contributed by atoms with van der Waals surface area (Å²) in [4.78, 5) is 24.1. The van der Waals surface area contributed by atoms with Gasteiger partial charge in [0, 0.05) is 15.7 Å². The number of benzene rings is 2. The monoisotopic (exact) mass is 350 g/mol. The Kier molecular flexibility index (Phi) is 4.41. The van der Waals surface area contributed by atoms with Crippen molar-refractivity contribution in [2.24, 2.45) is 0 Å². The Balaban J connectivity index is 1.67. The molecule has 2 N–H and O–H groups in total. The van der Waals surface area contributed by atoms with Gasteiger partial charge in [0.1, 0.15) is 6.04 Å². The zero-order valence-electron chi connectivity index (χ0n) is 11.8. The number of fused-ring (bicyclic) bond motifs is 1. The van der Waals surface area contributed by atoms with E-state index in [2.05, 4.69) is 10.6 Å². The smallest absolute Gasteiger partial charge is 0.334 e. The van der Waals surface area contributed by atoms with Crippen LogP contribution in [0.5, 0.6) is 5.75 Å². The molecule has 1 aliphatic heterocycles. The van der Waals surface area contributed by atoms with E-state index in [1.54, 1.807) is 36.4 Å². The number of nitrogens with one attached hydrogen (secondary N) is 2. The summed E-state index contributed by atoms with van der Waals surface area (Å²) in [7, 11) is 0. The van der Waals surface area contributed by atoms with Gasteiger partial charge in [-0.05, 0) is 30.3 Å². The molecular formula is C16H12Cl2N2O3. The number of para-hydroxylation sites is 2. The predicted octanol–water partition coefficient (Wildman–Crippen LogP) is 3.72. The van der Waals surface area contributed by atoms with Crippen molar-refractivity contribution in [3.63, 3.8) is 0 Å². The third-order valence-electron chi connectivity index (χ3n) is 3.25. The molecule has 23 heavy (non-hydrogen) atoms. The number of ether oxygens (including phenoxy) is 1. The fourth-order valence-corrected chi connectivity index (χ4v) is 2.78. The summed E-state index contributed by atoms with van der Waals surface area (Å²) >= 11 is 11.8. The fourth-order valence-electron chi connectivity index (χ4n) is 2.26. The molecule has 0 radical (unpaired) electrons. The van der Waals surface area contributed by atoms with E-state index >= 15 is 0 Å². The van der Waals surface area contributed by atoms with E-state index < -0.39 is 12.0 Å². The minimum Gasteiger partial charge on any atom is -0.423 e. The first-order valence-corrected chi connectivity index (χ1v) is 7.60. The maximum Gasteiger partial charge on any atom is 0.334 e. The number of carbonyl (C=O) groups is 2. The van der Waals surface area contributed by atoms with Gasteiger partial charge in [0.15, 0.2) is 5.75 Å². The lowest BCUT2D eigenvalue weighted by molar-refractivity contribution is -0.137. The number of anilines is 2. The number of hydrogen-bond donors (Lipinski definition) is 2. The summed E-state index contributed by atoms with van der Waals surface area (Å²) < 4.78 is 5.21. The van der Waals surface area contributed by atoms with Gasteiger partial charge in [-0.15, -0.1) is 0 Å². The Hall–Kier alpha value is -2.24. The number of hydrogen-bond acceptors (Lipinski definition) is 4. The molecule has 2 aromatic carbocycles. The average molecular weight is 351 g/mol.